The molecule has 3 atom stereocenters. The molecule has 2 aliphatic rings. The number of hydrogen-bond donors (Lipinski definition) is 2. The summed E-state index contributed by atoms with van der Waals surface area (Å²) in [6.45, 7) is 4.32. The summed E-state index contributed by atoms with van der Waals surface area (Å²) in [7, 11) is 0. The van der Waals surface area contributed by atoms with Crippen molar-refractivity contribution in [2.24, 2.45) is 0 Å². The summed E-state index contributed by atoms with van der Waals surface area (Å²) < 4.78 is 0. The molecule has 4 heterocycles. The van der Waals surface area contributed by atoms with E-state index in [0.717, 1.165) is 35.3 Å². The van der Waals surface area contributed by atoms with Crippen molar-refractivity contribution in [1.29, 1.82) is 0 Å². The molecule has 6 heteroatoms. The van der Waals surface area contributed by atoms with Crippen LogP contribution < -0.4 is 15.5 Å². The second-order valence-electron chi connectivity index (χ2n) is 7.37. The molecule has 0 unspecified atom stereocenters. The van der Waals surface area contributed by atoms with Gasteiger partial charge in [-0.15, -0.1) is 11.3 Å². The standard InChI is InChI=1S/C21H23N5S/c1-14(15-5-3-2-4-6-15)24-20-9-16(7-8-22-20)19-13-27-21(25-19)26-12-17-10-18(26)11-23-17/h2-9,13-14,17-18,23H,10-12H2,1H3,(H,22,24)/t14-,17-,18-/m0/s1. The number of nitrogens with zero attached hydrogens (tertiary/aromatic N) is 3. The van der Waals surface area contributed by atoms with Gasteiger partial charge in [0.1, 0.15) is 5.82 Å². The van der Waals surface area contributed by atoms with E-state index < -0.39 is 0 Å². The van der Waals surface area contributed by atoms with Gasteiger partial charge in [-0.25, -0.2) is 9.97 Å². The SMILES string of the molecule is C[C@H](Nc1cc(-c2csc(N3C[C@@H]4C[C@H]3CN4)n2)ccn1)c1ccccc1. The van der Waals surface area contributed by atoms with E-state index in [1.54, 1.807) is 11.3 Å². The number of nitrogens with one attached hydrogen (secondary N) is 2. The van der Waals surface area contributed by atoms with Crippen LogP contribution in [0, 0.1) is 0 Å². The number of benzene rings is 1. The first kappa shape index (κ1) is 16.7. The van der Waals surface area contributed by atoms with Crippen molar-refractivity contribution in [1.82, 2.24) is 15.3 Å². The van der Waals surface area contributed by atoms with E-state index in [1.807, 2.05) is 18.3 Å². The molecule has 2 bridgehead atoms. The number of rotatable bonds is 5. The van der Waals surface area contributed by atoms with E-state index in [4.69, 9.17) is 4.98 Å². The molecule has 0 amide bonds. The lowest BCUT2D eigenvalue weighted by Gasteiger charge is -2.26. The van der Waals surface area contributed by atoms with Crippen LogP contribution in [0.2, 0.25) is 0 Å². The Bertz CT molecular complexity index is 925. The van der Waals surface area contributed by atoms with Crippen molar-refractivity contribution >= 4 is 22.3 Å². The molecule has 2 aromatic heterocycles. The van der Waals surface area contributed by atoms with Crippen molar-refractivity contribution in [3.05, 3.63) is 59.6 Å². The normalized spacial score (nSPS) is 22.2. The van der Waals surface area contributed by atoms with E-state index >= 15 is 0 Å². The van der Waals surface area contributed by atoms with Crippen LogP contribution in [0.1, 0.15) is 24.9 Å². The molecule has 5 rings (SSSR count). The van der Waals surface area contributed by atoms with Gasteiger partial charge in [0, 0.05) is 48.4 Å². The van der Waals surface area contributed by atoms with Gasteiger partial charge in [-0.3, -0.25) is 0 Å². The van der Waals surface area contributed by atoms with Crippen LogP contribution in [-0.4, -0.2) is 35.1 Å². The van der Waals surface area contributed by atoms with Gasteiger partial charge in [-0.05, 0) is 31.0 Å². The molecule has 0 aliphatic carbocycles. The highest BCUT2D eigenvalue weighted by atomic mass is 32.1. The summed E-state index contributed by atoms with van der Waals surface area (Å²) in [6.07, 6.45) is 3.10. The molecule has 0 radical (unpaired) electrons. The summed E-state index contributed by atoms with van der Waals surface area (Å²) in [5.74, 6) is 0.878. The van der Waals surface area contributed by atoms with E-state index in [9.17, 15) is 0 Å². The molecule has 3 aromatic rings. The van der Waals surface area contributed by atoms with Crippen molar-refractivity contribution in [3.8, 4) is 11.3 Å². The van der Waals surface area contributed by atoms with Gasteiger partial charge in [0.15, 0.2) is 5.13 Å². The van der Waals surface area contributed by atoms with E-state index in [2.05, 4.69) is 63.2 Å². The highest BCUT2D eigenvalue weighted by molar-refractivity contribution is 7.14. The van der Waals surface area contributed by atoms with Crippen LogP contribution in [0.25, 0.3) is 11.3 Å². The Morgan fingerprint density at radius 1 is 1.26 bits per heavy atom. The van der Waals surface area contributed by atoms with Crippen molar-refractivity contribution in [2.45, 2.75) is 31.5 Å². The number of anilines is 2. The Kier molecular flexibility index (Phi) is 4.30. The Morgan fingerprint density at radius 2 is 2.15 bits per heavy atom. The largest absolute Gasteiger partial charge is 0.364 e. The average molecular weight is 378 g/mol. The first-order valence-electron chi connectivity index (χ1n) is 9.50. The van der Waals surface area contributed by atoms with E-state index in [-0.39, 0.29) is 6.04 Å². The predicted octanol–water partition coefficient (Wildman–Crippen LogP) is 3.93. The molecule has 2 aliphatic heterocycles. The van der Waals surface area contributed by atoms with Gasteiger partial charge in [0.05, 0.1) is 5.69 Å². The van der Waals surface area contributed by atoms with Crippen LogP contribution in [-0.2, 0) is 0 Å². The number of aromatic nitrogens is 2. The number of thiazole rings is 1. The maximum Gasteiger partial charge on any atom is 0.186 e. The van der Waals surface area contributed by atoms with Gasteiger partial charge in [0.25, 0.3) is 0 Å². The lowest BCUT2D eigenvalue weighted by molar-refractivity contribution is 0.579. The molecule has 2 N–H and O–H groups in total. The Morgan fingerprint density at radius 3 is 2.93 bits per heavy atom. The zero-order valence-corrected chi connectivity index (χ0v) is 16.1. The Balaban J connectivity index is 1.33. The topological polar surface area (TPSA) is 53.1 Å². The number of fused-ring (bicyclic) bond motifs is 2. The Hall–Kier alpha value is -2.44. The fourth-order valence-corrected chi connectivity index (χ4v) is 4.96. The molecule has 2 saturated heterocycles. The highest BCUT2D eigenvalue weighted by Gasteiger charge is 2.38. The lowest BCUT2D eigenvalue weighted by atomic mass is 10.1. The molecular formula is C21H23N5S. The minimum Gasteiger partial charge on any atom is -0.364 e. The van der Waals surface area contributed by atoms with Gasteiger partial charge < -0.3 is 15.5 Å². The summed E-state index contributed by atoms with van der Waals surface area (Å²) in [5.41, 5.74) is 3.39. The van der Waals surface area contributed by atoms with Crippen LogP contribution in [0.15, 0.2) is 54.0 Å². The van der Waals surface area contributed by atoms with E-state index in [1.165, 1.54) is 12.0 Å². The predicted molar refractivity (Wildman–Crippen MR) is 111 cm³/mol. The minimum absolute atomic E-state index is 0.201. The first-order valence-corrected chi connectivity index (χ1v) is 10.4. The second-order valence-corrected chi connectivity index (χ2v) is 8.21. The zero-order chi connectivity index (χ0) is 18.2. The number of piperazine rings is 1. The van der Waals surface area contributed by atoms with Crippen LogP contribution >= 0.6 is 11.3 Å². The summed E-state index contributed by atoms with van der Waals surface area (Å²) in [6, 6.07) is 16.0. The van der Waals surface area contributed by atoms with Crippen molar-refractivity contribution < 1.29 is 0 Å². The van der Waals surface area contributed by atoms with Crippen LogP contribution in [0.3, 0.4) is 0 Å². The van der Waals surface area contributed by atoms with Crippen LogP contribution in [0.5, 0.6) is 0 Å². The third-order valence-electron chi connectivity index (χ3n) is 5.51. The van der Waals surface area contributed by atoms with Crippen molar-refractivity contribution in [2.75, 3.05) is 23.3 Å². The van der Waals surface area contributed by atoms with Crippen LogP contribution in [0.4, 0.5) is 10.9 Å². The molecule has 0 spiro atoms. The minimum atomic E-state index is 0.201. The zero-order valence-electron chi connectivity index (χ0n) is 15.3. The maximum atomic E-state index is 4.92. The number of hydrogen-bond acceptors (Lipinski definition) is 6. The molecule has 5 nitrogen and oxygen atoms in total. The molecular weight excluding hydrogens is 354 g/mol. The summed E-state index contributed by atoms with van der Waals surface area (Å²) >= 11 is 1.74. The quantitative estimate of drug-likeness (QED) is 0.706. The second kappa shape index (κ2) is 6.94. The molecule has 1 aromatic carbocycles. The monoisotopic (exact) mass is 377 g/mol. The first-order chi connectivity index (χ1) is 13.3. The Labute approximate surface area is 163 Å². The highest BCUT2D eigenvalue weighted by Crippen LogP contribution is 2.34. The third-order valence-corrected chi connectivity index (χ3v) is 6.39. The van der Waals surface area contributed by atoms with Gasteiger partial charge in [-0.2, -0.15) is 0 Å². The molecule has 0 saturated carbocycles. The van der Waals surface area contributed by atoms with Gasteiger partial charge >= 0.3 is 0 Å². The van der Waals surface area contributed by atoms with Gasteiger partial charge in [-0.1, -0.05) is 30.3 Å². The maximum absolute atomic E-state index is 4.92. The average Bonchev–Trinajstić information content (AvgIpc) is 3.45. The third kappa shape index (κ3) is 3.31. The summed E-state index contributed by atoms with van der Waals surface area (Å²) in [5, 5.41) is 10.4. The molecule has 2 fully saturated rings. The molecule has 138 valence electrons. The summed E-state index contributed by atoms with van der Waals surface area (Å²) in [4.78, 5) is 11.9. The fourth-order valence-electron chi connectivity index (χ4n) is 4.04. The van der Waals surface area contributed by atoms with E-state index in [0.29, 0.717) is 12.1 Å². The van der Waals surface area contributed by atoms with Crippen molar-refractivity contribution in [3.63, 3.8) is 0 Å². The smallest absolute Gasteiger partial charge is 0.186 e. The fraction of sp³-hybridized carbons (Fsp3) is 0.333. The number of pyridine rings is 1. The van der Waals surface area contributed by atoms with Gasteiger partial charge in [0.2, 0.25) is 0 Å². The molecule has 27 heavy (non-hydrogen) atoms. The lowest BCUT2D eigenvalue weighted by Crippen LogP contribution is -2.43.